The van der Waals surface area contributed by atoms with Crippen LogP contribution in [0.15, 0.2) is 54.6 Å². The van der Waals surface area contributed by atoms with Gasteiger partial charge in [-0.3, -0.25) is 0 Å². The van der Waals surface area contributed by atoms with Gasteiger partial charge in [-0.25, -0.2) is 0 Å². The SMILES string of the molecule is CC1C([Si](C)(C)Nc2ccccc2)c2ccccc2C1[Si](C)(C)NC(C)(C)C. The van der Waals surface area contributed by atoms with Crippen LogP contribution in [0.4, 0.5) is 5.69 Å². The van der Waals surface area contributed by atoms with Gasteiger partial charge in [0.2, 0.25) is 0 Å². The van der Waals surface area contributed by atoms with Crippen molar-refractivity contribution in [1.82, 2.24) is 4.98 Å². The topological polar surface area (TPSA) is 24.1 Å². The molecule has 3 unspecified atom stereocenters. The summed E-state index contributed by atoms with van der Waals surface area (Å²) in [6.45, 7) is 19.5. The molecule has 0 heterocycles. The first-order valence-corrected chi connectivity index (χ1v) is 16.8. The molecule has 2 nitrogen and oxygen atoms in total. The van der Waals surface area contributed by atoms with Crippen molar-refractivity contribution < 1.29 is 0 Å². The Hall–Kier alpha value is -1.37. The summed E-state index contributed by atoms with van der Waals surface area (Å²) in [7, 11) is -3.45. The maximum Gasteiger partial charge on any atom is 0.155 e. The van der Waals surface area contributed by atoms with Crippen LogP contribution >= 0.6 is 0 Å². The molecule has 0 saturated heterocycles. The van der Waals surface area contributed by atoms with Crippen LogP contribution in [0.1, 0.15) is 49.9 Å². The molecule has 0 spiro atoms. The molecule has 1 aliphatic carbocycles. The average molecular weight is 411 g/mol. The summed E-state index contributed by atoms with van der Waals surface area (Å²) in [6, 6.07) is 20.0. The third-order valence-electron chi connectivity index (χ3n) is 6.21. The Balaban J connectivity index is 2.00. The maximum atomic E-state index is 4.06. The highest BCUT2D eigenvalue weighted by Crippen LogP contribution is 2.53. The van der Waals surface area contributed by atoms with Crippen LogP contribution < -0.4 is 9.96 Å². The summed E-state index contributed by atoms with van der Waals surface area (Å²) in [5.41, 5.74) is 5.86. The Kier molecular flexibility index (Phi) is 5.69. The molecule has 152 valence electrons. The van der Waals surface area contributed by atoms with Crippen LogP contribution in [0.2, 0.25) is 26.2 Å². The lowest BCUT2D eigenvalue weighted by Gasteiger charge is -2.42. The Morgan fingerprint density at radius 3 is 1.68 bits per heavy atom. The number of nitrogens with one attached hydrogen (secondary N) is 2. The third-order valence-corrected chi connectivity index (χ3v) is 13.3. The molecule has 0 bridgehead atoms. The van der Waals surface area contributed by atoms with Gasteiger partial charge in [0.25, 0.3) is 0 Å². The second kappa shape index (κ2) is 7.47. The summed E-state index contributed by atoms with van der Waals surface area (Å²) in [6.07, 6.45) is 0. The van der Waals surface area contributed by atoms with Crippen molar-refractivity contribution in [3.05, 3.63) is 65.7 Å². The zero-order valence-corrected chi connectivity index (χ0v) is 20.9. The Morgan fingerprint density at radius 2 is 1.18 bits per heavy atom. The molecule has 2 N–H and O–H groups in total. The second-order valence-electron chi connectivity index (χ2n) is 10.8. The fourth-order valence-corrected chi connectivity index (χ4v) is 14.4. The number of rotatable bonds is 5. The van der Waals surface area contributed by atoms with E-state index in [1.807, 2.05) is 0 Å². The van der Waals surface area contributed by atoms with Crippen molar-refractivity contribution in [2.24, 2.45) is 5.92 Å². The van der Waals surface area contributed by atoms with Crippen molar-refractivity contribution in [2.75, 3.05) is 4.98 Å². The van der Waals surface area contributed by atoms with E-state index in [2.05, 4.69) is 118 Å². The van der Waals surface area contributed by atoms with Crippen LogP contribution in [-0.2, 0) is 0 Å². The van der Waals surface area contributed by atoms with Crippen LogP contribution in [0, 0.1) is 5.92 Å². The molecule has 0 aromatic heterocycles. The average Bonchev–Trinajstić information content (AvgIpc) is 2.86. The molecule has 28 heavy (non-hydrogen) atoms. The van der Waals surface area contributed by atoms with E-state index < -0.39 is 16.5 Å². The molecule has 2 aromatic rings. The van der Waals surface area contributed by atoms with E-state index in [0.717, 1.165) is 0 Å². The fraction of sp³-hybridized carbons (Fsp3) is 0.500. The van der Waals surface area contributed by atoms with Crippen LogP contribution in [0.3, 0.4) is 0 Å². The summed E-state index contributed by atoms with van der Waals surface area (Å²) in [4.78, 5) is 8.05. The van der Waals surface area contributed by atoms with Gasteiger partial charge in [0, 0.05) is 16.8 Å². The number of hydrogen-bond donors (Lipinski definition) is 2. The number of anilines is 1. The minimum atomic E-state index is -1.76. The minimum absolute atomic E-state index is 0.151. The fourth-order valence-electron chi connectivity index (χ4n) is 5.94. The van der Waals surface area contributed by atoms with Gasteiger partial charge in [0.15, 0.2) is 8.24 Å². The van der Waals surface area contributed by atoms with Crippen LogP contribution in [-0.4, -0.2) is 22.0 Å². The Labute approximate surface area is 174 Å². The molecule has 1 aliphatic rings. The molecular formula is C24H38N2Si2. The highest BCUT2D eigenvalue weighted by Gasteiger charge is 2.52. The van der Waals surface area contributed by atoms with E-state index in [4.69, 9.17) is 0 Å². The molecule has 3 rings (SSSR count). The standard InChI is InChI=1S/C24H38N2Si2/c1-18-22(27(5,6)25-19-14-10-9-11-15-19)20-16-12-13-17-21(20)23(18)28(7,8)26-24(2,3)4/h9-18,22-23,25-26H,1-8H3. The summed E-state index contributed by atoms with van der Waals surface area (Å²) < 4.78 is 0. The van der Waals surface area contributed by atoms with E-state index in [1.165, 1.54) is 5.69 Å². The van der Waals surface area contributed by atoms with Crippen LogP contribution in [0.25, 0.3) is 0 Å². The molecule has 0 fully saturated rings. The molecular weight excluding hydrogens is 372 g/mol. The van der Waals surface area contributed by atoms with Crippen LogP contribution in [0.5, 0.6) is 0 Å². The second-order valence-corrected chi connectivity index (χ2v) is 19.4. The van der Waals surface area contributed by atoms with E-state index in [1.54, 1.807) is 11.1 Å². The van der Waals surface area contributed by atoms with Gasteiger partial charge in [0.1, 0.15) is 8.24 Å². The zero-order valence-electron chi connectivity index (χ0n) is 18.9. The molecule has 2 aromatic carbocycles. The first-order valence-electron chi connectivity index (χ1n) is 10.6. The van der Waals surface area contributed by atoms with Crippen molar-refractivity contribution >= 4 is 22.2 Å². The largest absolute Gasteiger partial charge is 0.410 e. The number of benzene rings is 2. The van der Waals surface area contributed by atoms with Gasteiger partial charge in [-0.1, -0.05) is 75.6 Å². The van der Waals surface area contributed by atoms with Gasteiger partial charge in [-0.2, -0.15) is 0 Å². The van der Waals surface area contributed by atoms with E-state index in [9.17, 15) is 0 Å². The van der Waals surface area contributed by atoms with Gasteiger partial charge in [0.05, 0.1) is 0 Å². The van der Waals surface area contributed by atoms with E-state index in [0.29, 0.717) is 17.0 Å². The lowest BCUT2D eigenvalue weighted by Crippen LogP contribution is -2.59. The molecule has 3 atom stereocenters. The van der Waals surface area contributed by atoms with E-state index >= 15 is 0 Å². The first-order chi connectivity index (χ1) is 12.9. The Bertz CT molecular complexity index is 809. The molecule has 4 heteroatoms. The lowest BCUT2D eigenvalue weighted by molar-refractivity contribution is 0.486. The van der Waals surface area contributed by atoms with E-state index in [-0.39, 0.29) is 5.54 Å². The predicted octanol–water partition coefficient (Wildman–Crippen LogP) is 6.49. The minimum Gasteiger partial charge on any atom is -0.410 e. The molecule has 0 radical (unpaired) electrons. The molecule has 0 aliphatic heterocycles. The monoisotopic (exact) mass is 410 g/mol. The normalized spacial score (nSPS) is 22.8. The highest BCUT2D eigenvalue weighted by atomic mass is 28.3. The quantitative estimate of drug-likeness (QED) is 0.550. The van der Waals surface area contributed by atoms with Gasteiger partial charge >= 0.3 is 0 Å². The Morgan fingerprint density at radius 1 is 0.714 bits per heavy atom. The highest BCUT2D eigenvalue weighted by molar-refractivity contribution is 6.82. The van der Waals surface area contributed by atoms with Crippen molar-refractivity contribution in [1.29, 1.82) is 0 Å². The van der Waals surface area contributed by atoms with Gasteiger partial charge < -0.3 is 9.96 Å². The van der Waals surface area contributed by atoms with Crippen molar-refractivity contribution in [3.63, 3.8) is 0 Å². The van der Waals surface area contributed by atoms with Crippen molar-refractivity contribution in [3.8, 4) is 0 Å². The lowest BCUT2D eigenvalue weighted by atomic mass is 10.1. The summed E-state index contributed by atoms with van der Waals surface area (Å²) in [5, 5.41) is 0. The predicted molar refractivity (Wildman–Crippen MR) is 129 cm³/mol. The molecule has 0 saturated carbocycles. The first kappa shape index (κ1) is 21.3. The van der Waals surface area contributed by atoms with Gasteiger partial charge in [-0.05, 0) is 55.5 Å². The van der Waals surface area contributed by atoms with Crippen molar-refractivity contribution in [2.45, 2.75) is 70.5 Å². The third kappa shape index (κ3) is 4.29. The molecule has 0 amide bonds. The smallest absolute Gasteiger partial charge is 0.155 e. The number of fused-ring (bicyclic) bond motifs is 1. The number of hydrogen-bond acceptors (Lipinski definition) is 2. The van der Waals surface area contributed by atoms with Gasteiger partial charge in [-0.15, -0.1) is 0 Å². The number of para-hydroxylation sites is 1. The summed E-state index contributed by atoms with van der Waals surface area (Å²) >= 11 is 0. The summed E-state index contributed by atoms with van der Waals surface area (Å²) in [5.74, 6) is 0.645. The zero-order chi connectivity index (χ0) is 20.7. The maximum absolute atomic E-state index is 4.06.